The van der Waals surface area contributed by atoms with Crippen LogP contribution in [0.1, 0.15) is 25.1 Å². The molecule has 1 aromatic rings. The first-order chi connectivity index (χ1) is 10.9. The van der Waals surface area contributed by atoms with Crippen LogP contribution >= 0.6 is 22.9 Å². The third-order valence-corrected chi connectivity index (χ3v) is 4.77. The fraction of sp³-hybridized carbons (Fsp3) is 0.500. The van der Waals surface area contributed by atoms with E-state index in [1.807, 2.05) is 30.9 Å². The minimum Gasteiger partial charge on any atom is -0.326 e. The number of carbonyl (C=O) groups is 2. The van der Waals surface area contributed by atoms with Gasteiger partial charge in [0.2, 0.25) is 0 Å². The van der Waals surface area contributed by atoms with Gasteiger partial charge in [0.05, 0.1) is 11.0 Å². The number of nitrogens with zero attached hydrogens (tertiary/aromatic N) is 2. The van der Waals surface area contributed by atoms with E-state index in [2.05, 4.69) is 11.9 Å². The molecule has 1 saturated heterocycles. The van der Waals surface area contributed by atoms with E-state index < -0.39 is 6.04 Å². The summed E-state index contributed by atoms with van der Waals surface area (Å²) in [6.45, 7) is 9.27. The van der Waals surface area contributed by atoms with Gasteiger partial charge in [0.1, 0.15) is 6.04 Å². The van der Waals surface area contributed by atoms with E-state index in [4.69, 9.17) is 11.6 Å². The summed E-state index contributed by atoms with van der Waals surface area (Å²) in [4.78, 5) is 28.9. The van der Waals surface area contributed by atoms with E-state index in [-0.39, 0.29) is 18.6 Å². The summed E-state index contributed by atoms with van der Waals surface area (Å²) < 4.78 is 0.727. The molecule has 3 amide bonds. The topological polar surface area (TPSA) is 52.6 Å². The lowest BCUT2D eigenvalue weighted by molar-refractivity contribution is -0.129. The maximum atomic E-state index is 12.4. The van der Waals surface area contributed by atoms with Gasteiger partial charge in [-0.3, -0.25) is 9.69 Å². The molecule has 5 nitrogen and oxygen atoms in total. The Morgan fingerprint density at radius 1 is 1.48 bits per heavy atom. The normalized spacial score (nSPS) is 18.1. The van der Waals surface area contributed by atoms with Crippen LogP contribution in [-0.4, -0.2) is 41.0 Å². The number of hydrogen-bond acceptors (Lipinski definition) is 4. The summed E-state index contributed by atoms with van der Waals surface area (Å²) in [5.74, 6) is 0.198. The second kappa shape index (κ2) is 7.95. The fourth-order valence-electron chi connectivity index (χ4n) is 2.55. The molecule has 1 unspecified atom stereocenters. The molecular formula is C16H22ClN3O2S. The van der Waals surface area contributed by atoms with Crippen LogP contribution in [-0.2, 0) is 11.3 Å². The Morgan fingerprint density at radius 2 is 2.22 bits per heavy atom. The summed E-state index contributed by atoms with van der Waals surface area (Å²) in [6.07, 6.45) is 2.42. The van der Waals surface area contributed by atoms with Crippen molar-refractivity contribution in [2.75, 3.05) is 13.2 Å². The Labute approximate surface area is 145 Å². The van der Waals surface area contributed by atoms with Crippen LogP contribution in [0.5, 0.6) is 0 Å². The molecule has 0 bridgehead atoms. The molecule has 1 aromatic heterocycles. The molecule has 0 aliphatic carbocycles. The van der Waals surface area contributed by atoms with Crippen LogP contribution < -0.4 is 5.32 Å². The average molecular weight is 356 g/mol. The van der Waals surface area contributed by atoms with Gasteiger partial charge in [0, 0.05) is 18.0 Å². The van der Waals surface area contributed by atoms with Gasteiger partial charge in [0.25, 0.3) is 5.91 Å². The Balaban J connectivity index is 2.02. The van der Waals surface area contributed by atoms with Crippen molar-refractivity contribution in [3.05, 3.63) is 34.0 Å². The number of rotatable bonds is 8. The van der Waals surface area contributed by atoms with E-state index >= 15 is 0 Å². The molecule has 1 aliphatic rings. The summed E-state index contributed by atoms with van der Waals surface area (Å²) >= 11 is 7.45. The van der Waals surface area contributed by atoms with Gasteiger partial charge in [-0.05, 0) is 24.5 Å². The van der Waals surface area contributed by atoms with Crippen LogP contribution in [0.2, 0.25) is 4.34 Å². The van der Waals surface area contributed by atoms with Crippen LogP contribution in [0.15, 0.2) is 24.8 Å². The highest BCUT2D eigenvalue weighted by atomic mass is 35.5. The van der Waals surface area contributed by atoms with E-state index in [1.165, 1.54) is 16.2 Å². The maximum Gasteiger partial charge on any atom is 0.325 e. The summed E-state index contributed by atoms with van der Waals surface area (Å²) in [7, 11) is 0. The minimum atomic E-state index is -0.413. The number of amides is 3. The number of urea groups is 1. The van der Waals surface area contributed by atoms with Crippen LogP contribution in [0, 0.1) is 5.92 Å². The van der Waals surface area contributed by atoms with Crippen molar-refractivity contribution in [3.63, 3.8) is 0 Å². The van der Waals surface area contributed by atoms with Gasteiger partial charge in [-0.25, -0.2) is 9.69 Å². The lowest BCUT2D eigenvalue weighted by Gasteiger charge is -2.24. The number of hydrogen-bond donors (Lipinski definition) is 1. The molecule has 0 spiro atoms. The zero-order chi connectivity index (χ0) is 17.0. The summed E-state index contributed by atoms with van der Waals surface area (Å²) in [5.41, 5.74) is 0. The second-order valence-corrected chi connectivity index (χ2v) is 7.84. The van der Waals surface area contributed by atoms with E-state index in [1.54, 1.807) is 6.08 Å². The average Bonchev–Trinajstić information content (AvgIpc) is 2.97. The van der Waals surface area contributed by atoms with Crippen molar-refractivity contribution in [2.24, 2.45) is 5.92 Å². The minimum absolute atomic E-state index is 0.151. The molecule has 0 radical (unpaired) electrons. The van der Waals surface area contributed by atoms with E-state index in [9.17, 15) is 9.59 Å². The predicted octanol–water partition coefficient (Wildman–Crippen LogP) is 3.31. The SMILES string of the molecule is C=CCN(Cc1ccc(Cl)s1)CN1C(=O)NC(CC(C)C)C1=O. The van der Waals surface area contributed by atoms with Crippen LogP contribution in [0.3, 0.4) is 0 Å². The Kier molecular flexibility index (Phi) is 6.21. The predicted molar refractivity (Wildman–Crippen MR) is 93.4 cm³/mol. The van der Waals surface area contributed by atoms with E-state index in [0.29, 0.717) is 25.4 Å². The van der Waals surface area contributed by atoms with Gasteiger partial charge in [-0.1, -0.05) is 31.5 Å². The number of halogens is 1. The molecule has 7 heteroatoms. The summed E-state index contributed by atoms with van der Waals surface area (Å²) in [6, 6.07) is 3.07. The zero-order valence-corrected chi connectivity index (χ0v) is 15.0. The first-order valence-corrected chi connectivity index (χ1v) is 8.79. The number of imide groups is 1. The molecule has 0 aromatic carbocycles. The van der Waals surface area contributed by atoms with Gasteiger partial charge < -0.3 is 5.32 Å². The van der Waals surface area contributed by atoms with Crippen molar-refractivity contribution in [2.45, 2.75) is 32.9 Å². The quantitative estimate of drug-likeness (QED) is 0.575. The van der Waals surface area contributed by atoms with Gasteiger partial charge in [-0.15, -0.1) is 17.9 Å². The molecular weight excluding hydrogens is 334 g/mol. The largest absolute Gasteiger partial charge is 0.326 e. The van der Waals surface area contributed by atoms with Crippen molar-refractivity contribution >= 4 is 34.9 Å². The smallest absolute Gasteiger partial charge is 0.325 e. The molecule has 1 fully saturated rings. The number of carbonyl (C=O) groups excluding carboxylic acids is 2. The molecule has 2 heterocycles. The number of thiophene rings is 1. The first-order valence-electron chi connectivity index (χ1n) is 7.60. The van der Waals surface area contributed by atoms with Crippen LogP contribution in [0.4, 0.5) is 4.79 Å². The standard InChI is InChI=1S/C16H22ClN3O2S/c1-4-7-19(9-12-5-6-14(17)23-12)10-20-15(21)13(8-11(2)3)18-16(20)22/h4-6,11,13H,1,7-10H2,2-3H3,(H,18,22). The van der Waals surface area contributed by atoms with Crippen molar-refractivity contribution < 1.29 is 9.59 Å². The Bertz CT molecular complexity index is 588. The zero-order valence-electron chi connectivity index (χ0n) is 13.4. The fourth-order valence-corrected chi connectivity index (χ4v) is 3.68. The molecule has 1 atom stereocenters. The lowest BCUT2D eigenvalue weighted by Crippen LogP contribution is -2.41. The molecule has 23 heavy (non-hydrogen) atoms. The maximum absolute atomic E-state index is 12.4. The highest BCUT2D eigenvalue weighted by molar-refractivity contribution is 7.16. The highest BCUT2D eigenvalue weighted by Crippen LogP contribution is 2.23. The third-order valence-electron chi connectivity index (χ3n) is 3.55. The van der Waals surface area contributed by atoms with E-state index in [0.717, 1.165) is 9.21 Å². The van der Waals surface area contributed by atoms with Crippen molar-refractivity contribution in [1.29, 1.82) is 0 Å². The number of nitrogens with one attached hydrogen (secondary N) is 1. The van der Waals surface area contributed by atoms with Gasteiger partial charge in [-0.2, -0.15) is 0 Å². The molecule has 2 rings (SSSR count). The Hall–Kier alpha value is -1.37. The Morgan fingerprint density at radius 3 is 2.78 bits per heavy atom. The van der Waals surface area contributed by atoms with Gasteiger partial charge >= 0.3 is 6.03 Å². The second-order valence-electron chi connectivity index (χ2n) is 6.05. The van der Waals surface area contributed by atoms with Crippen molar-refractivity contribution in [1.82, 2.24) is 15.1 Å². The molecule has 1 N–H and O–H groups in total. The van der Waals surface area contributed by atoms with Crippen LogP contribution in [0.25, 0.3) is 0 Å². The summed E-state index contributed by atoms with van der Waals surface area (Å²) in [5, 5.41) is 2.77. The molecule has 0 saturated carbocycles. The third kappa shape index (κ3) is 4.80. The monoisotopic (exact) mass is 355 g/mol. The van der Waals surface area contributed by atoms with Crippen molar-refractivity contribution in [3.8, 4) is 0 Å². The molecule has 1 aliphatic heterocycles. The van der Waals surface area contributed by atoms with Gasteiger partial charge in [0.15, 0.2) is 0 Å². The molecule has 126 valence electrons. The lowest BCUT2D eigenvalue weighted by atomic mass is 10.0. The highest BCUT2D eigenvalue weighted by Gasteiger charge is 2.38. The first kappa shape index (κ1) is 18.0.